The quantitative estimate of drug-likeness (QED) is 0.826. The number of fused-ring (bicyclic) bond motifs is 1. The van der Waals surface area contributed by atoms with E-state index in [1.54, 1.807) is 11.3 Å². The Kier molecular flexibility index (Phi) is 3.01. The van der Waals surface area contributed by atoms with Crippen LogP contribution in [-0.4, -0.2) is 24.4 Å². The van der Waals surface area contributed by atoms with Crippen molar-refractivity contribution in [2.24, 2.45) is 17.3 Å². The van der Waals surface area contributed by atoms with Gasteiger partial charge in [0.1, 0.15) is 0 Å². The van der Waals surface area contributed by atoms with Crippen LogP contribution in [0.4, 0.5) is 0 Å². The fourth-order valence-corrected chi connectivity index (χ4v) is 4.59. The van der Waals surface area contributed by atoms with Gasteiger partial charge < -0.3 is 4.90 Å². The molecule has 1 fully saturated rings. The van der Waals surface area contributed by atoms with Gasteiger partial charge in [-0.15, -0.1) is 11.3 Å². The van der Waals surface area contributed by atoms with E-state index >= 15 is 0 Å². The second-order valence-corrected chi connectivity index (χ2v) is 8.37. The lowest BCUT2D eigenvalue weighted by Crippen LogP contribution is -2.28. The van der Waals surface area contributed by atoms with Gasteiger partial charge in [-0.3, -0.25) is 4.79 Å². The number of hydrogen-bond donors (Lipinski definition) is 0. The second kappa shape index (κ2) is 4.34. The van der Waals surface area contributed by atoms with Gasteiger partial charge in [0.05, 0.1) is 4.88 Å². The first-order chi connectivity index (χ1) is 8.85. The van der Waals surface area contributed by atoms with E-state index in [9.17, 15) is 4.79 Å². The van der Waals surface area contributed by atoms with E-state index in [4.69, 9.17) is 0 Å². The number of carbonyl (C=O) groups excluding carboxylic acids is 1. The number of carbonyl (C=O) groups is 1. The lowest BCUT2D eigenvalue weighted by atomic mass is 9.91. The van der Waals surface area contributed by atoms with Crippen LogP contribution < -0.4 is 0 Å². The Hall–Kier alpha value is -0.830. The lowest BCUT2D eigenvalue weighted by Gasteiger charge is -2.17. The molecular formula is C16H23NOS. The van der Waals surface area contributed by atoms with Crippen LogP contribution in [-0.2, 0) is 12.8 Å². The predicted octanol–water partition coefficient (Wildman–Crippen LogP) is 3.60. The summed E-state index contributed by atoms with van der Waals surface area (Å²) in [5.41, 5.74) is 1.80. The highest BCUT2D eigenvalue weighted by molar-refractivity contribution is 7.14. The molecule has 104 valence electrons. The first-order valence-corrected chi connectivity index (χ1v) is 8.04. The zero-order valence-corrected chi connectivity index (χ0v) is 13.1. The first-order valence-electron chi connectivity index (χ1n) is 7.23. The lowest BCUT2D eigenvalue weighted by molar-refractivity contribution is 0.0791. The number of rotatable bonds is 3. The zero-order chi connectivity index (χ0) is 13.8. The molecule has 0 radical (unpaired) electrons. The Morgan fingerprint density at radius 1 is 1.47 bits per heavy atom. The van der Waals surface area contributed by atoms with Gasteiger partial charge in [0.15, 0.2) is 0 Å². The van der Waals surface area contributed by atoms with Crippen molar-refractivity contribution in [3.05, 3.63) is 21.4 Å². The minimum atomic E-state index is 0.219. The summed E-state index contributed by atoms with van der Waals surface area (Å²) in [5.74, 6) is 1.76. The molecule has 2 nitrogen and oxygen atoms in total. The molecule has 1 amide bonds. The van der Waals surface area contributed by atoms with Gasteiger partial charge in [-0.2, -0.15) is 0 Å². The van der Waals surface area contributed by atoms with Gasteiger partial charge in [0.2, 0.25) is 0 Å². The molecule has 3 heteroatoms. The summed E-state index contributed by atoms with van der Waals surface area (Å²) >= 11 is 1.72. The Morgan fingerprint density at radius 2 is 2.16 bits per heavy atom. The molecular weight excluding hydrogens is 254 g/mol. The van der Waals surface area contributed by atoms with Crippen LogP contribution in [0.2, 0.25) is 0 Å². The highest BCUT2D eigenvalue weighted by atomic mass is 32.1. The van der Waals surface area contributed by atoms with Gasteiger partial charge in [-0.25, -0.2) is 0 Å². The molecule has 0 N–H and O–H groups in total. The Bertz CT molecular complexity index is 491. The van der Waals surface area contributed by atoms with E-state index in [1.807, 2.05) is 11.9 Å². The maximum Gasteiger partial charge on any atom is 0.263 e. The van der Waals surface area contributed by atoms with E-state index in [0.29, 0.717) is 5.41 Å². The van der Waals surface area contributed by atoms with Crippen molar-refractivity contribution in [2.75, 3.05) is 13.6 Å². The monoisotopic (exact) mass is 277 g/mol. The van der Waals surface area contributed by atoms with Gasteiger partial charge >= 0.3 is 0 Å². The Morgan fingerprint density at radius 3 is 2.74 bits per heavy atom. The van der Waals surface area contributed by atoms with Crippen LogP contribution in [0.15, 0.2) is 6.07 Å². The third-order valence-electron chi connectivity index (χ3n) is 4.55. The summed E-state index contributed by atoms with van der Waals surface area (Å²) in [7, 11) is 1.95. The van der Waals surface area contributed by atoms with Crippen LogP contribution in [0.5, 0.6) is 0 Å². The number of nitrogens with zero attached hydrogens (tertiary/aromatic N) is 1. The van der Waals surface area contributed by atoms with Crippen molar-refractivity contribution in [3.63, 3.8) is 0 Å². The normalized spacial score (nSPS) is 27.2. The van der Waals surface area contributed by atoms with Crippen molar-refractivity contribution in [2.45, 2.75) is 40.0 Å². The molecule has 0 bridgehead atoms. The summed E-state index contributed by atoms with van der Waals surface area (Å²) in [5, 5.41) is 0. The van der Waals surface area contributed by atoms with Crippen molar-refractivity contribution in [1.82, 2.24) is 4.90 Å². The average molecular weight is 277 g/mol. The number of hydrogen-bond acceptors (Lipinski definition) is 2. The van der Waals surface area contributed by atoms with Gasteiger partial charge in [-0.05, 0) is 48.1 Å². The molecule has 0 saturated heterocycles. The standard InChI is InChI=1S/C16H23NOS/c1-10-5-12(10)9-17(4)15(18)13-6-11-7-16(2,3)8-14(11)19-13/h6,10,12H,5,7-9H2,1-4H3. The van der Waals surface area contributed by atoms with Gasteiger partial charge in [0, 0.05) is 18.5 Å². The number of amides is 1. The van der Waals surface area contributed by atoms with Crippen LogP contribution in [0.3, 0.4) is 0 Å². The molecule has 1 aromatic rings. The second-order valence-electron chi connectivity index (χ2n) is 7.24. The van der Waals surface area contributed by atoms with Crippen molar-refractivity contribution < 1.29 is 4.79 Å². The van der Waals surface area contributed by atoms with E-state index < -0.39 is 0 Å². The molecule has 3 rings (SSSR count). The third-order valence-corrected chi connectivity index (χ3v) is 5.71. The first kappa shape index (κ1) is 13.2. The topological polar surface area (TPSA) is 20.3 Å². The minimum absolute atomic E-state index is 0.219. The van der Waals surface area contributed by atoms with Crippen LogP contribution in [0.25, 0.3) is 0 Å². The largest absolute Gasteiger partial charge is 0.341 e. The van der Waals surface area contributed by atoms with Crippen LogP contribution >= 0.6 is 11.3 Å². The molecule has 1 saturated carbocycles. The summed E-state index contributed by atoms with van der Waals surface area (Å²) in [4.78, 5) is 16.7. The van der Waals surface area contributed by atoms with Crippen molar-refractivity contribution in [1.29, 1.82) is 0 Å². The summed E-state index contributed by atoms with van der Waals surface area (Å²) in [6.07, 6.45) is 3.53. The molecule has 1 heterocycles. The van der Waals surface area contributed by atoms with E-state index in [1.165, 1.54) is 16.9 Å². The minimum Gasteiger partial charge on any atom is -0.341 e. The van der Waals surface area contributed by atoms with E-state index in [0.717, 1.165) is 36.1 Å². The van der Waals surface area contributed by atoms with Crippen LogP contribution in [0.1, 0.15) is 47.3 Å². The molecule has 0 aliphatic heterocycles. The fraction of sp³-hybridized carbons (Fsp3) is 0.688. The predicted molar refractivity (Wildman–Crippen MR) is 79.7 cm³/mol. The molecule has 1 aromatic heterocycles. The van der Waals surface area contributed by atoms with Crippen LogP contribution in [0, 0.1) is 17.3 Å². The molecule has 0 aromatic carbocycles. The van der Waals surface area contributed by atoms with Crippen molar-refractivity contribution >= 4 is 17.2 Å². The molecule has 2 aliphatic rings. The molecule has 2 aliphatic carbocycles. The fourth-order valence-electron chi connectivity index (χ4n) is 3.16. The summed E-state index contributed by atoms with van der Waals surface area (Å²) in [6.45, 7) is 7.81. The third kappa shape index (κ3) is 2.58. The summed E-state index contributed by atoms with van der Waals surface area (Å²) in [6, 6.07) is 2.14. The molecule has 0 spiro atoms. The Balaban J connectivity index is 1.68. The maximum absolute atomic E-state index is 12.4. The molecule has 2 unspecified atom stereocenters. The zero-order valence-electron chi connectivity index (χ0n) is 12.3. The number of thiophene rings is 1. The van der Waals surface area contributed by atoms with Crippen molar-refractivity contribution in [3.8, 4) is 0 Å². The average Bonchev–Trinajstić information content (AvgIpc) is 2.73. The van der Waals surface area contributed by atoms with Gasteiger partial charge in [-0.1, -0.05) is 20.8 Å². The highest BCUT2D eigenvalue weighted by Crippen LogP contribution is 2.41. The maximum atomic E-state index is 12.4. The molecule has 19 heavy (non-hydrogen) atoms. The Labute approximate surface area is 119 Å². The SMILES string of the molecule is CC1CC1CN(C)C(=O)c1cc2c(s1)CC(C)(C)C2. The van der Waals surface area contributed by atoms with Gasteiger partial charge in [0.25, 0.3) is 5.91 Å². The smallest absolute Gasteiger partial charge is 0.263 e. The summed E-state index contributed by atoms with van der Waals surface area (Å²) < 4.78 is 0. The molecule has 2 atom stereocenters. The van der Waals surface area contributed by atoms with E-state index in [2.05, 4.69) is 26.8 Å². The van der Waals surface area contributed by atoms with E-state index in [-0.39, 0.29) is 5.91 Å². The highest BCUT2D eigenvalue weighted by Gasteiger charge is 2.35.